The summed E-state index contributed by atoms with van der Waals surface area (Å²) < 4.78 is 0. The van der Waals surface area contributed by atoms with Gasteiger partial charge in [0.2, 0.25) is 0 Å². The Morgan fingerprint density at radius 3 is 2.47 bits per heavy atom. The van der Waals surface area contributed by atoms with Gasteiger partial charge in [-0.05, 0) is 32.9 Å². The number of carbonyl (C=O) groups is 2. The highest BCUT2D eigenvalue weighted by Gasteiger charge is 2.16. The molecule has 0 radical (unpaired) electrons. The molecular weight excluding hydrogens is 190 g/mol. The van der Waals surface area contributed by atoms with Gasteiger partial charge in [-0.3, -0.25) is 9.59 Å². The van der Waals surface area contributed by atoms with Gasteiger partial charge < -0.3 is 5.32 Å². The van der Waals surface area contributed by atoms with E-state index in [4.69, 9.17) is 0 Å². The minimum Gasteiger partial charge on any atom is -0.320 e. The minimum atomic E-state index is -0.215. The molecule has 0 aromatic rings. The number of hydrogen-bond donors (Lipinski definition) is 1. The first kappa shape index (κ1) is 14.3. The van der Waals surface area contributed by atoms with Crippen LogP contribution in [0, 0.1) is 5.92 Å². The Kier molecular flexibility index (Phi) is 9.38. The molecule has 3 nitrogen and oxygen atoms in total. The quantitative estimate of drug-likeness (QED) is 0.343. The number of hydrogen-bond acceptors (Lipinski definition) is 3. The van der Waals surface area contributed by atoms with Crippen LogP contribution in [0.3, 0.4) is 0 Å². The van der Waals surface area contributed by atoms with Crippen molar-refractivity contribution < 1.29 is 9.59 Å². The van der Waals surface area contributed by atoms with Crippen molar-refractivity contribution in [3.8, 4) is 0 Å². The molecular formula is C12H23NO2. The lowest BCUT2D eigenvalue weighted by Crippen LogP contribution is -2.16. The predicted octanol–water partition coefficient (Wildman–Crippen LogP) is 1.95. The third-order valence-corrected chi connectivity index (χ3v) is 2.65. The van der Waals surface area contributed by atoms with E-state index in [0.29, 0.717) is 6.29 Å². The molecule has 0 spiro atoms. The number of carbonyl (C=O) groups excluding carboxylic acids is 2. The van der Waals surface area contributed by atoms with Gasteiger partial charge in [0.15, 0.2) is 12.1 Å². The fourth-order valence-corrected chi connectivity index (χ4v) is 1.67. The van der Waals surface area contributed by atoms with E-state index in [1.165, 1.54) is 0 Å². The second-order valence-corrected chi connectivity index (χ2v) is 3.96. The number of unbranched alkanes of at least 4 members (excludes halogenated alkanes) is 2. The number of nitrogens with one attached hydrogen (secondary N) is 1. The van der Waals surface area contributed by atoms with E-state index >= 15 is 0 Å². The van der Waals surface area contributed by atoms with E-state index in [1.54, 1.807) is 0 Å². The maximum absolute atomic E-state index is 11.3. The van der Waals surface area contributed by atoms with Crippen molar-refractivity contribution in [1.29, 1.82) is 0 Å². The monoisotopic (exact) mass is 213 g/mol. The summed E-state index contributed by atoms with van der Waals surface area (Å²) in [5.74, 6) is -0.243. The molecule has 0 bridgehead atoms. The largest absolute Gasteiger partial charge is 0.320 e. The van der Waals surface area contributed by atoms with Crippen molar-refractivity contribution >= 4 is 12.1 Å². The Bertz CT molecular complexity index is 180. The van der Waals surface area contributed by atoms with Crippen LogP contribution < -0.4 is 5.32 Å². The molecule has 0 saturated heterocycles. The van der Waals surface area contributed by atoms with Crippen LogP contribution in [0.2, 0.25) is 0 Å². The first-order chi connectivity index (χ1) is 7.26. The fourth-order valence-electron chi connectivity index (χ4n) is 1.67. The molecule has 0 rings (SSSR count). The summed E-state index contributed by atoms with van der Waals surface area (Å²) in [5, 5.41) is 3.07. The molecule has 0 heterocycles. The molecule has 0 aromatic carbocycles. The van der Waals surface area contributed by atoms with Crippen molar-refractivity contribution in [2.24, 2.45) is 5.92 Å². The van der Waals surface area contributed by atoms with Crippen molar-refractivity contribution in [3.05, 3.63) is 0 Å². The van der Waals surface area contributed by atoms with Gasteiger partial charge >= 0.3 is 0 Å². The maximum atomic E-state index is 11.3. The highest BCUT2D eigenvalue weighted by molar-refractivity contribution is 6.25. The summed E-state index contributed by atoms with van der Waals surface area (Å²) in [6, 6.07) is 0. The number of rotatable bonds is 10. The van der Waals surface area contributed by atoms with Gasteiger partial charge in [-0.15, -0.1) is 0 Å². The van der Waals surface area contributed by atoms with Crippen LogP contribution in [0.5, 0.6) is 0 Å². The molecule has 1 unspecified atom stereocenters. The van der Waals surface area contributed by atoms with Gasteiger partial charge in [0.05, 0.1) is 0 Å². The minimum absolute atomic E-state index is 0.0284. The molecule has 3 heteroatoms. The van der Waals surface area contributed by atoms with Gasteiger partial charge in [-0.1, -0.05) is 26.2 Å². The molecule has 0 aliphatic carbocycles. The molecule has 0 aliphatic rings. The second-order valence-electron chi connectivity index (χ2n) is 3.96. The topological polar surface area (TPSA) is 46.2 Å². The Labute approximate surface area is 92.6 Å². The molecule has 1 atom stereocenters. The molecule has 0 saturated carbocycles. The van der Waals surface area contributed by atoms with Gasteiger partial charge in [-0.2, -0.15) is 0 Å². The van der Waals surface area contributed by atoms with Crippen LogP contribution in [0.4, 0.5) is 0 Å². The standard InChI is InChI=1S/C12H23NO2/c1-3-4-7-11(12(15)10-14)8-5-6-9-13-2/h10-11,13H,3-9H2,1-2H3. The average molecular weight is 213 g/mol. The normalized spacial score (nSPS) is 12.4. The molecule has 15 heavy (non-hydrogen) atoms. The Hall–Kier alpha value is -0.700. The van der Waals surface area contributed by atoms with Crippen LogP contribution in [0.1, 0.15) is 45.4 Å². The molecule has 0 aromatic heterocycles. The average Bonchev–Trinajstić information content (AvgIpc) is 2.27. The van der Waals surface area contributed by atoms with Crippen molar-refractivity contribution in [3.63, 3.8) is 0 Å². The van der Waals surface area contributed by atoms with Gasteiger partial charge in [0, 0.05) is 5.92 Å². The molecule has 0 aliphatic heterocycles. The van der Waals surface area contributed by atoms with E-state index in [0.717, 1.165) is 45.1 Å². The lowest BCUT2D eigenvalue weighted by molar-refractivity contribution is -0.132. The van der Waals surface area contributed by atoms with E-state index in [1.807, 2.05) is 7.05 Å². The summed E-state index contributed by atoms with van der Waals surface area (Å²) in [6.45, 7) is 3.08. The van der Waals surface area contributed by atoms with Crippen molar-refractivity contribution in [1.82, 2.24) is 5.32 Å². The first-order valence-corrected chi connectivity index (χ1v) is 5.89. The van der Waals surface area contributed by atoms with Crippen molar-refractivity contribution in [2.75, 3.05) is 13.6 Å². The van der Waals surface area contributed by atoms with Gasteiger partial charge in [0.25, 0.3) is 0 Å². The van der Waals surface area contributed by atoms with E-state index in [9.17, 15) is 9.59 Å². The van der Waals surface area contributed by atoms with Gasteiger partial charge in [-0.25, -0.2) is 0 Å². The SMILES string of the molecule is CCCCC(CCCCNC)C(=O)C=O. The Balaban J connectivity index is 3.79. The zero-order valence-corrected chi connectivity index (χ0v) is 9.92. The Morgan fingerprint density at radius 1 is 1.27 bits per heavy atom. The molecule has 1 N–H and O–H groups in total. The van der Waals surface area contributed by atoms with Crippen LogP contribution in [-0.4, -0.2) is 25.7 Å². The second kappa shape index (κ2) is 9.84. The molecule has 0 fully saturated rings. The maximum Gasteiger partial charge on any atom is 0.198 e. The third kappa shape index (κ3) is 7.25. The summed E-state index contributed by atoms with van der Waals surface area (Å²) in [5.41, 5.74) is 0. The van der Waals surface area contributed by atoms with Gasteiger partial charge in [0.1, 0.15) is 0 Å². The lowest BCUT2D eigenvalue weighted by Gasteiger charge is -2.11. The van der Waals surface area contributed by atoms with Crippen LogP contribution in [0.25, 0.3) is 0 Å². The summed E-state index contributed by atoms with van der Waals surface area (Å²) >= 11 is 0. The number of Topliss-reactive ketones (excluding diaryl/α,β-unsaturated/α-hetero) is 1. The van der Waals surface area contributed by atoms with E-state index < -0.39 is 0 Å². The fraction of sp³-hybridized carbons (Fsp3) is 0.833. The van der Waals surface area contributed by atoms with Crippen LogP contribution in [-0.2, 0) is 9.59 Å². The summed E-state index contributed by atoms with van der Waals surface area (Å²) in [6.07, 6.45) is 6.43. The summed E-state index contributed by atoms with van der Waals surface area (Å²) in [4.78, 5) is 21.7. The lowest BCUT2D eigenvalue weighted by atomic mass is 9.92. The number of ketones is 1. The zero-order valence-electron chi connectivity index (χ0n) is 9.92. The Morgan fingerprint density at radius 2 is 1.93 bits per heavy atom. The number of aldehydes is 1. The highest BCUT2D eigenvalue weighted by atomic mass is 16.2. The zero-order chi connectivity index (χ0) is 11.5. The van der Waals surface area contributed by atoms with Crippen LogP contribution >= 0.6 is 0 Å². The molecule has 88 valence electrons. The predicted molar refractivity (Wildman–Crippen MR) is 61.9 cm³/mol. The first-order valence-electron chi connectivity index (χ1n) is 5.89. The van der Waals surface area contributed by atoms with E-state index in [-0.39, 0.29) is 11.7 Å². The smallest absolute Gasteiger partial charge is 0.198 e. The molecule has 0 amide bonds. The van der Waals surface area contributed by atoms with Crippen LogP contribution in [0.15, 0.2) is 0 Å². The van der Waals surface area contributed by atoms with E-state index in [2.05, 4.69) is 12.2 Å². The summed E-state index contributed by atoms with van der Waals surface area (Å²) in [7, 11) is 1.92. The highest BCUT2D eigenvalue weighted by Crippen LogP contribution is 2.16. The third-order valence-electron chi connectivity index (χ3n) is 2.65. The van der Waals surface area contributed by atoms with Crippen molar-refractivity contribution in [2.45, 2.75) is 45.4 Å².